The van der Waals surface area contributed by atoms with Crippen LogP contribution in [-0.2, 0) is 20.8 Å². The molecule has 0 aliphatic heterocycles. The summed E-state index contributed by atoms with van der Waals surface area (Å²) in [5, 5.41) is 11.7. The fourth-order valence-electron chi connectivity index (χ4n) is 1.87. The zero-order chi connectivity index (χ0) is 15.9. The number of aryl methyl sites for hydroxylation is 1. The second kappa shape index (κ2) is 7.42. The molecule has 2 amide bonds. The van der Waals surface area contributed by atoms with Gasteiger partial charge in [0, 0.05) is 12.8 Å². The molecule has 0 aromatic heterocycles. The Morgan fingerprint density at radius 2 is 1.81 bits per heavy atom. The lowest BCUT2D eigenvalue weighted by Crippen LogP contribution is -2.52. The minimum absolute atomic E-state index is 0.0330. The van der Waals surface area contributed by atoms with E-state index in [4.69, 9.17) is 5.73 Å². The highest BCUT2D eigenvalue weighted by atomic mass is 16.4. The summed E-state index contributed by atoms with van der Waals surface area (Å²) < 4.78 is 0. The summed E-state index contributed by atoms with van der Waals surface area (Å²) >= 11 is 0. The lowest BCUT2D eigenvalue weighted by molar-refractivity contribution is -0.147. The lowest BCUT2D eigenvalue weighted by atomic mass is 9.95. The summed E-state index contributed by atoms with van der Waals surface area (Å²) in [7, 11) is 0. The molecule has 0 spiro atoms. The van der Waals surface area contributed by atoms with Crippen LogP contribution in [0.25, 0.3) is 0 Å². The van der Waals surface area contributed by atoms with E-state index in [0.29, 0.717) is 6.42 Å². The number of carbonyl (C=O) groups is 3. The Bertz CT molecular complexity index is 516. The fourth-order valence-corrected chi connectivity index (χ4v) is 1.87. The molecule has 1 aromatic carbocycles. The van der Waals surface area contributed by atoms with E-state index in [2.05, 4.69) is 5.32 Å². The maximum atomic E-state index is 11.9. The highest BCUT2D eigenvalue weighted by Crippen LogP contribution is 2.13. The van der Waals surface area contributed by atoms with Crippen LogP contribution in [0.1, 0.15) is 31.7 Å². The predicted molar refractivity (Wildman–Crippen MR) is 77.4 cm³/mol. The van der Waals surface area contributed by atoms with Crippen molar-refractivity contribution in [3.8, 4) is 0 Å². The molecule has 6 nitrogen and oxygen atoms in total. The van der Waals surface area contributed by atoms with Gasteiger partial charge in [-0.05, 0) is 25.3 Å². The van der Waals surface area contributed by atoms with Crippen molar-refractivity contribution in [1.29, 1.82) is 0 Å². The summed E-state index contributed by atoms with van der Waals surface area (Å²) in [6, 6.07) is 9.44. The maximum Gasteiger partial charge on any atom is 0.329 e. The molecule has 21 heavy (non-hydrogen) atoms. The molecule has 0 heterocycles. The molecule has 0 fully saturated rings. The molecule has 1 atom stereocenters. The molecule has 0 aliphatic carbocycles. The average Bonchev–Trinajstić information content (AvgIpc) is 2.44. The van der Waals surface area contributed by atoms with Crippen molar-refractivity contribution in [1.82, 2.24) is 5.32 Å². The Balaban J connectivity index is 2.56. The molecule has 0 unspecified atom stereocenters. The van der Waals surface area contributed by atoms with Crippen molar-refractivity contribution in [2.24, 2.45) is 5.73 Å². The number of amides is 2. The van der Waals surface area contributed by atoms with Gasteiger partial charge in [0.15, 0.2) is 0 Å². The van der Waals surface area contributed by atoms with Gasteiger partial charge in [0.2, 0.25) is 11.8 Å². The van der Waals surface area contributed by atoms with E-state index >= 15 is 0 Å². The molecule has 4 N–H and O–H groups in total. The van der Waals surface area contributed by atoms with Gasteiger partial charge in [-0.1, -0.05) is 30.3 Å². The van der Waals surface area contributed by atoms with Crippen LogP contribution >= 0.6 is 0 Å². The molecule has 1 aromatic rings. The minimum atomic E-state index is -1.48. The number of nitrogens with one attached hydrogen (secondary N) is 1. The number of carboxylic acid groups (broad SMARTS) is 1. The van der Waals surface area contributed by atoms with Gasteiger partial charge in [0.1, 0.15) is 5.54 Å². The summed E-state index contributed by atoms with van der Waals surface area (Å²) in [6.07, 6.45) is 0.582. The smallest absolute Gasteiger partial charge is 0.329 e. The molecular weight excluding hydrogens is 272 g/mol. The van der Waals surface area contributed by atoms with Gasteiger partial charge in [0.25, 0.3) is 0 Å². The standard InChI is InChI=1S/C15H20N2O4/c1-15(14(20)21,10-9-12(16)18)17-13(19)8-7-11-5-3-2-4-6-11/h2-6H,7-10H2,1H3,(H2,16,18)(H,17,19)(H,20,21)/t15-/m1/s1. The third kappa shape index (κ3) is 5.64. The van der Waals surface area contributed by atoms with Gasteiger partial charge in [0.05, 0.1) is 0 Å². The third-order valence-electron chi connectivity index (χ3n) is 3.24. The highest BCUT2D eigenvalue weighted by molar-refractivity contribution is 5.87. The number of carboxylic acids is 1. The number of primary amides is 1. The Morgan fingerprint density at radius 1 is 1.19 bits per heavy atom. The molecular formula is C15H20N2O4. The van der Waals surface area contributed by atoms with Crippen LogP contribution in [0.5, 0.6) is 0 Å². The van der Waals surface area contributed by atoms with E-state index in [-0.39, 0.29) is 25.2 Å². The first kappa shape index (κ1) is 16.7. The summed E-state index contributed by atoms with van der Waals surface area (Å²) in [6.45, 7) is 1.37. The lowest BCUT2D eigenvalue weighted by Gasteiger charge is -2.25. The van der Waals surface area contributed by atoms with Gasteiger partial charge in [-0.3, -0.25) is 9.59 Å². The fraction of sp³-hybridized carbons (Fsp3) is 0.400. The minimum Gasteiger partial charge on any atom is -0.480 e. The second-order valence-electron chi connectivity index (χ2n) is 5.14. The molecule has 0 saturated heterocycles. The zero-order valence-corrected chi connectivity index (χ0v) is 12.0. The Labute approximate surface area is 123 Å². The maximum absolute atomic E-state index is 11.9. The van der Waals surface area contributed by atoms with Gasteiger partial charge in [-0.15, -0.1) is 0 Å². The topological polar surface area (TPSA) is 109 Å². The van der Waals surface area contributed by atoms with Crippen LogP contribution in [-0.4, -0.2) is 28.4 Å². The largest absolute Gasteiger partial charge is 0.480 e. The highest BCUT2D eigenvalue weighted by Gasteiger charge is 2.34. The Morgan fingerprint density at radius 3 is 2.33 bits per heavy atom. The van der Waals surface area contributed by atoms with Crippen molar-refractivity contribution >= 4 is 17.8 Å². The quantitative estimate of drug-likeness (QED) is 0.659. The Kier molecular flexibility index (Phi) is 5.90. The number of hydrogen-bond donors (Lipinski definition) is 3. The van der Waals surface area contributed by atoms with Crippen LogP contribution < -0.4 is 11.1 Å². The predicted octanol–water partition coefficient (Wildman–Crippen LogP) is 0.844. The Hall–Kier alpha value is -2.37. The van der Waals surface area contributed by atoms with Crippen molar-refractivity contribution in [2.75, 3.05) is 0 Å². The van der Waals surface area contributed by atoms with Crippen LogP contribution in [0.4, 0.5) is 0 Å². The SMILES string of the molecule is C[C@](CCC(N)=O)(NC(=O)CCc1ccccc1)C(=O)O. The van der Waals surface area contributed by atoms with Gasteiger partial charge < -0.3 is 16.2 Å². The molecule has 0 radical (unpaired) electrons. The third-order valence-corrected chi connectivity index (χ3v) is 3.24. The number of benzene rings is 1. The summed E-state index contributed by atoms with van der Waals surface area (Å²) in [4.78, 5) is 33.9. The van der Waals surface area contributed by atoms with Gasteiger partial charge >= 0.3 is 5.97 Å². The average molecular weight is 292 g/mol. The number of rotatable bonds is 8. The number of hydrogen-bond acceptors (Lipinski definition) is 3. The number of carbonyl (C=O) groups excluding carboxylic acids is 2. The van der Waals surface area contributed by atoms with E-state index < -0.39 is 17.4 Å². The van der Waals surface area contributed by atoms with Crippen molar-refractivity contribution in [3.63, 3.8) is 0 Å². The summed E-state index contributed by atoms with van der Waals surface area (Å²) in [5.74, 6) is -2.15. The van der Waals surface area contributed by atoms with E-state index in [9.17, 15) is 19.5 Å². The summed E-state index contributed by atoms with van der Waals surface area (Å²) in [5.41, 5.74) is 4.54. The second-order valence-corrected chi connectivity index (χ2v) is 5.14. The van der Waals surface area contributed by atoms with E-state index in [0.717, 1.165) is 5.56 Å². The molecule has 0 saturated carbocycles. The zero-order valence-electron chi connectivity index (χ0n) is 12.0. The van der Waals surface area contributed by atoms with Crippen LogP contribution in [0.2, 0.25) is 0 Å². The van der Waals surface area contributed by atoms with Gasteiger partial charge in [-0.25, -0.2) is 4.79 Å². The molecule has 1 rings (SSSR count). The van der Waals surface area contributed by atoms with E-state index in [1.54, 1.807) is 0 Å². The van der Waals surface area contributed by atoms with E-state index in [1.165, 1.54) is 6.92 Å². The molecule has 114 valence electrons. The number of nitrogens with two attached hydrogens (primary N) is 1. The van der Waals surface area contributed by atoms with Gasteiger partial charge in [-0.2, -0.15) is 0 Å². The van der Waals surface area contributed by atoms with Crippen LogP contribution in [0.15, 0.2) is 30.3 Å². The monoisotopic (exact) mass is 292 g/mol. The van der Waals surface area contributed by atoms with Crippen molar-refractivity contribution in [3.05, 3.63) is 35.9 Å². The molecule has 6 heteroatoms. The molecule has 0 aliphatic rings. The van der Waals surface area contributed by atoms with Crippen LogP contribution in [0, 0.1) is 0 Å². The normalized spacial score (nSPS) is 13.2. The first-order chi connectivity index (χ1) is 9.83. The molecule has 0 bridgehead atoms. The van der Waals surface area contributed by atoms with Crippen molar-refractivity contribution in [2.45, 2.75) is 38.1 Å². The number of aliphatic carboxylic acids is 1. The van der Waals surface area contributed by atoms with Crippen LogP contribution in [0.3, 0.4) is 0 Å². The van der Waals surface area contributed by atoms with Crippen molar-refractivity contribution < 1.29 is 19.5 Å². The first-order valence-electron chi connectivity index (χ1n) is 6.70. The van der Waals surface area contributed by atoms with E-state index in [1.807, 2.05) is 30.3 Å². The first-order valence-corrected chi connectivity index (χ1v) is 6.70.